The second kappa shape index (κ2) is 6.11. The van der Waals surface area contributed by atoms with E-state index < -0.39 is 0 Å². The average molecular weight is 265 g/mol. The van der Waals surface area contributed by atoms with Gasteiger partial charge in [0.1, 0.15) is 0 Å². The van der Waals surface area contributed by atoms with Crippen LogP contribution in [0.4, 0.5) is 5.69 Å². The van der Waals surface area contributed by atoms with Crippen LogP contribution in [0.25, 0.3) is 0 Å². The lowest BCUT2D eigenvalue weighted by molar-refractivity contribution is -0.128. The van der Waals surface area contributed by atoms with Crippen LogP contribution in [0.3, 0.4) is 0 Å². The molecule has 1 saturated heterocycles. The minimum atomic E-state index is 0.211. The van der Waals surface area contributed by atoms with Crippen molar-refractivity contribution in [1.82, 2.24) is 10.2 Å². The van der Waals surface area contributed by atoms with E-state index in [0.717, 1.165) is 42.3 Å². The first-order valence-electron chi connectivity index (χ1n) is 6.15. The van der Waals surface area contributed by atoms with E-state index in [1.165, 1.54) is 0 Å². The number of nitrogens with two attached hydrogens (primary N) is 1. The second-order valence-electron chi connectivity index (χ2n) is 4.39. The van der Waals surface area contributed by atoms with Gasteiger partial charge in [-0.1, -0.05) is 6.07 Å². The SMILES string of the molecule is Cc1c(N)cccc1SCC(=O)N1CCNCC1. The van der Waals surface area contributed by atoms with Crippen molar-refractivity contribution in [3.8, 4) is 0 Å². The van der Waals surface area contributed by atoms with E-state index in [-0.39, 0.29) is 5.91 Å². The van der Waals surface area contributed by atoms with E-state index in [1.807, 2.05) is 30.0 Å². The van der Waals surface area contributed by atoms with Crippen molar-refractivity contribution in [1.29, 1.82) is 0 Å². The van der Waals surface area contributed by atoms with E-state index >= 15 is 0 Å². The summed E-state index contributed by atoms with van der Waals surface area (Å²) in [6.07, 6.45) is 0. The molecule has 98 valence electrons. The lowest BCUT2D eigenvalue weighted by Gasteiger charge is -2.27. The summed E-state index contributed by atoms with van der Waals surface area (Å²) in [5, 5.41) is 3.24. The smallest absolute Gasteiger partial charge is 0.233 e. The van der Waals surface area contributed by atoms with E-state index in [9.17, 15) is 4.79 Å². The standard InChI is InChI=1S/C13H19N3OS/c1-10-11(14)3-2-4-12(10)18-9-13(17)16-7-5-15-6-8-16/h2-4,15H,5-9,14H2,1H3. The molecule has 0 unspecified atom stereocenters. The summed E-state index contributed by atoms with van der Waals surface area (Å²) in [5.74, 6) is 0.702. The van der Waals surface area contributed by atoms with Crippen molar-refractivity contribution in [2.75, 3.05) is 37.7 Å². The van der Waals surface area contributed by atoms with Crippen LogP contribution >= 0.6 is 11.8 Å². The molecule has 18 heavy (non-hydrogen) atoms. The minimum Gasteiger partial charge on any atom is -0.398 e. The maximum atomic E-state index is 12.0. The number of rotatable bonds is 3. The summed E-state index contributed by atoms with van der Waals surface area (Å²) >= 11 is 1.57. The van der Waals surface area contributed by atoms with Gasteiger partial charge in [0.2, 0.25) is 5.91 Å². The molecule has 0 spiro atoms. The van der Waals surface area contributed by atoms with E-state index in [1.54, 1.807) is 11.8 Å². The van der Waals surface area contributed by atoms with Crippen molar-refractivity contribution in [3.05, 3.63) is 23.8 Å². The zero-order chi connectivity index (χ0) is 13.0. The fourth-order valence-corrected chi connectivity index (χ4v) is 2.90. The largest absolute Gasteiger partial charge is 0.398 e. The fourth-order valence-electron chi connectivity index (χ4n) is 1.93. The number of benzene rings is 1. The molecule has 0 aromatic heterocycles. The normalized spacial score (nSPS) is 15.7. The number of amides is 1. The van der Waals surface area contributed by atoms with Crippen LogP contribution in [-0.2, 0) is 4.79 Å². The van der Waals surface area contributed by atoms with Crippen molar-refractivity contribution >= 4 is 23.4 Å². The van der Waals surface area contributed by atoms with E-state index in [0.29, 0.717) is 5.75 Å². The Morgan fingerprint density at radius 1 is 1.44 bits per heavy atom. The third kappa shape index (κ3) is 3.17. The zero-order valence-electron chi connectivity index (χ0n) is 10.6. The van der Waals surface area contributed by atoms with Crippen molar-refractivity contribution in [2.45, 2.75) is 11.8 Å². The molecular formula is C13H19N3OS. The van der Waals surface area contributed by atoms with Gasteiger partial charge in [-0.2, -0.15) is 0 Å². The lowest BCUT2D eigenvalue weighted by atomic mass is 10.2. The Bertz CT molecular complexity index is 430. The maximum Gasteiger partial charge on any atom is 0.233 e. The third-order valence-corrected chi connectivity index (χ3v) is 4.29. The van der Waals surface area contributed by atoms with Crippen LogP contribution < -0.4 is 11.1 Å². The van der Waals surface area contributed by atoms with Crippen LogP contribution in [0.15, 0.2) is 23.1 Å². The number of thioether (sulfide) groups is 1. The topological polar surface area (TPSA) is 58.4 Å². The van der Waals surface area contributed by atoms with Gasteiger partial charge in [0.05, 0.1) is 5.75 Å². The molecule has 2 rings (SSSR count). The third-order valence-electron chi connectivity index (χ3n) is 3.15. The van der Waals surface area contributed by atoms with Gasteiger partial charge in [-0.05, 0) is 24.6 Å². The highest BCUT2D eigenvalue weighted by atomic mass is 32.2. The highest BCUT2D eigenvalue weighted by molar-refractivity contribution is 8.00. The van der Waals surface area contributed by atoms with Gasteiger partial charge >= 0.3 is 0 Å². The van der Waals surface area contributed by atoms with Gasteiger partial charge in [0.15, 0.2) is 0 Å². The molecule has 3 N–H and O–H groups in total. The molecular weight excluding hydrogens is 246 g/mol. The second-order valence-corrected chi connectivity index (χ2v) is 5.41. The Kier molecular flexibility index (Phi) is 4.49. The van der Waals surface area contributed by atoms with Crippen molar-refractivity contribution in [2.24, 2.45) is 0 Å². The average Bonchev–Trinajstić information content (AvgIpc) is 2.41. The quantitative estimate of drug-likeness (QED) is 0.635. The van der Waals surface area contributed by atoms with Crippen LogP contribution in [0.5, 0.6) is 0 Å². The number of nitrogens with one attached hydrogen (secondary N) is 1. The first-order chi connectivity index (χ1) is 8.68. The molecule has 1 aromatic carbocycles. The van der Waals surface area contributed by atoms with Crippen LogP contribution in [0.1, 0.15) is 5.56 Å². The molecule has 0 bridgehead atoms. The Labute approximate surface area is 112 Å². The predicted molar refractivity (Wildman–Crippen MR) is 75.8 cm³/mol. The minimum absolute atomic E-state index is 0.211. The van der Waals surface area contributed by atoms with Gasteiger partial charge in [-0.3, -0.25) is 4.79 Å². The van der Waals surface area contributed by atoms with Gasteiger partial charge in [-0.25, -0.2) is 0 Å². The summed E-state index contributed by atoms with van der Waals surface area (Å²) < 4.78 is 0. The molecule has 0 aliphatic carbocycles. The highest BCUT2D eigenvalue weighted by Gasteiger charge is 2.16. The molecule has 0 atom stereocenters. The molecule has 1 amide bonds. The van der Waals surface area contributed by atoms with E-state index in [2.05, 4.69) is 5.32 Å². The zero-order valence-corrected chi connectivity index (χ0v) is 11.4. The Balaban J connectivity index is 1.90. The maximum absolute atomic E-state index is 12.0. The molecule has 0 saturated carbocycles. The molecule has 4 nitrogen and oxygen atoms in total. The molecule has 0 radical (unpaired) electrons. The van der Waals surface area contributed by atoms with Crippen LogP contribution in [0.2, 0.25) is 0 Å². The monoisotopic (exact) mass is 265 g/mol. The number of nitrogens with zero attached hydrogens (tertiary/aromatic N) is 1. The number of nitrogen functional groups attached to an aromatic ring is 1. The number of piperazine rings is 1. The summed E-state index contributed by atoms with van der Waals surface area (Å²) in [4.78, 5) is 15.0. The predicted octanol–water partition coefficient (Wildman–Crippen LogP) is 1.10. The molecule has 1 aromatic rings. The fraction of sp³-hybridized carbons (Fsp3) is 0.462. The number of carbonyl (C=O) groups is 1. The number of carbonyl (C=O) groups excluding carboxylic acids is 1. The number of hydrogen-bond acceptors (Lipinski definition) is 4. The van der Waals surface area contributed by atoms with Crippen LogP contribution in [0, 0.1) is 6.92 Å². The van der Waals surface area contributed by atoms with Crippen LogP contribution in [-0.4, -0.2) is 42.7 Å². The van der Waals surface area contributed by atoms with E-state index in [4.69, 9.17) is 5.73 Å². The molecule has 1 aliphatic heterocycles. The van der Waals surface area contributed by atoms with Gasteiger partial charge in [0.25, 0.3) is 0 Å². The van der Waals surface area contributed by atoms with Crippen molar-refractivity contribution < 1.29 is 4.79 Å². The number of hydrogen-bond donors (Lipinski definition) is 2. The molecule has 1 fully saturated rings. The highest BCUT2D eigenvalue weighted by Crippen LogP contribution is 2.26. The van der Waals surface area contributed by atoms with Crippen molar-refractivity contribution in [3.63, 3.8) is 0 Å². The summed E-state index contributed by atoms with van der Waals surface area (Å²) in [5.41, 5.74) is 7.70. The Morgan fingerprint density at radius 3 is 2.89 bits per heavy atom. The molecule has 1 aliphatic rings. The first kappa shape index (κ1) is 13.2. The lowest BCUT2D eigenvalue weighted by Crippen LogP contribution is -2.47. The van der Waals surface area contributed by atoms with Gasteiger partial charge < -0.3 is 16.0 Å². The summed E-state index contributed by atoms with van der Waals surface area (Å²) in [6.45, 7) is 5.42. The van der Waals surface area contributed by atoms with Gasteiger partial charge in [0, 0.05) is 36.8 Å². The molecule has 1 heterocycles. The molecule has 5 heteroatoms. The first-order valence-corrected chi connectivity index (χ1v) is 7.13. The Hall–Kier alpha value is -1.20. The number of anilines is 1. The summed E-state index contributed by atoms with van der Waals surface area (Å²) in [6, 6.07) is 5.83. The van der Waals surface area contributed by atoms with Gasteiger partial charge in [-0.15, -0.1) is 11.8 Å². The Morgan fingerprint density at radius 2 is 2.17 bits per heavy atom. The summed E-state index contributed by atoms with van der Waals surface area (Å²) in [7, 11) is 0.